The first kappa shape index (κ1) is 29.2. The number of methoxy groups -OCH3 is 1. The van der Waals surface area contributed by atoms with Gasteiger partial charge in [0, 0.05) is 49.3 Å². The van der Waals surface area contributed by atoms with Gasteiger partial charge in [-0.25, -0.2) is 14.4 Å². The van der Waals surface area contributed by atoms with Crippen molar-refractivity contribution in [1.82, 2.24) is 19.9 Å². The SMILES string of the molecule is CN1CCCC(c2nc(Nc3cccc(F)c3)cc(-c3cccnc3)n2)C1.COCCOCCOCC=O. The minimum absolute atomic E-state index is 0.146. The van der Waals surface area contributed by atoms with E-state index in [9.17, 15) is 9.18 Å². The van der Waals surface area contributed by atoms with E-state index >= 15 is 0 Å². The Morgan fingerprint density at radius 1 is 1.11 bits per heavy atom. The van der Waals surface area contributed by atoms with Gasteiger partial charge in [0.1, 0.15) is 30.4 Å². The molecule has 1 atom stereocenters. The number of likely N-dealkylation sites (N-methyl/N-ethyl adjacent to an activating group) is 1. The maximum absolute atomic E-state index is 13.5. The van der Waals surface area contributed by atoms with Crippen LogP contribution in [-0.4, -0.2) is 86.4 Å². The molecule has 2 aromatic heterocycles. The summed E-state index contributed by atoms with van der Waals surface area (Å²) >= 11 is 0. The predicted octanol–water partition coefficient (Wildman–Crippen LogP) is 4.10. The Balaban J connectivity index is 0.000000310. The van der Waals surface area contributed by atoms with Crippen LogP contribution in [0.1, 0.15) is 24.6 Å². The van der Waals surface area contributed by atoms with Gasteiger partial charge in [0.15, 0.2) is 0 Å². The highest BCUT2D eigenvalue weighted by atomic mass is 19.1. The van der Waals surface area contributed by atoms with Crippen molar-refractivity contribution in [1.29, 1.82) is 0 Å². The van der Waals surface area contributed by atoms with E-state index in [-0.39, 0.29) is 18.3 Å². The highest BCUT2D eigenvalue weighted by Crippen LogP contribution is 2.28. The third kappa shape index (κ3) is 10.2. The van der Waals surface area contributed by atoms with Crippen LogP contribution < -0.4 is 5.32 Å². The summed E-state index contributed by atoms with van der Waals surface area (Å²) < 4.78 is 28.2. The molecular weight excluding hydrogens is 489 g/mol. The number of pyridine rings is 1. The molecule has 0 spiro atoms. The molecule has 9 nitrogen and oxygen atoms in total. The highest BCUT2D eigenvalue weighted by molar-refractivity contribution is 5.65. The van der Waals surface area contributed by atoms with Crippen molar-refractivity contribution < 1.29 is 23.4 Å². The van der Waals surface area contributed by atoms with Crippen LogP contribution in [0.5, 0.6) is 0 Å². The molecule has 1 N–H and O–H groups in total. The van der Waals surface area contributed by atoms with Gasteiger partial charge in [-0.1, -0.05) is 6.07 Å². The zero-order valence-corrected chi connectivity index (χ0v) is 22.0. The standard InChI is InChI=1S/C21H22FN5.C7H14O4/c1-27-10-4-6-16(14-27)21-25-19(15-5-3-9-23-13-15)12-20(26-21)24-18-8-2-7-17(22)11-18;1-9-4-5-11-7-6-10-3-2-8/h2-3,5,7-9,11-13,16H,4,6,10,14H2,1H3,(H,24,25,26);2H,3-7H2,1H3. The van der Waals surface area contributed by atoms with Crippen molar-refractivity contribution in [3.63, 3.8) is 0 Å². The van der Waals surface area contributed by atoms with Gasteiger partial charge < -0.3 is 29.2 Å². The lowest BCUT2D eigenvalue weighted by molar-refractivity contribution is -0.112. The molecule has 0 aliphatic carbocycles. The number of nitrogens with zero attached hydrogens (tertiary/aromatic N) is 4. The number of carbonyl (C=O) groups excluding carboxylic acids is 1. The first-order valence-electron chi connectivity index (χ1n) is 12.7. The molecule has 1 aliphatic heterocycles. The smallest absolute Gasteiger partial charge is 0.145 e. The fourth-order valence-corrected chi connectivity index (χ4v) is 3.96. The van der Waals surface area contributed by atoms with Gasteiger partial charge in [0.25, 0.3) is 0 Å². The van der Waals surface area contributed by atoms with Gasteiger partial charge in [-0.15, -0.1) is 0 Å². The predicted molar refractivity (Wildman–Crippen MR) is 144 cm³/mol. The quantitative estimate of drug-likeness (QED) is 0.277. The summed E-state index contributed by atoms with van der Waals surface area (Å²) in [4.78, 5) is 25.8. The minimum atomic E-state index is -0.282. The number of ether oxygens (including phenoxy) is 3. The Labute approximate surface area is 223 Å². The number of nitrogens with one attached hydrogen (secondary N) is 1. The number of likely N-dealkylation sites (tertiary alicyclic amines) is 1. The summed E-state index contributed by atoms with van der Waals surface area (Å²) in [5.74, 6) is 1.49. The van der Waals surface area contributed by atoms with Crippen LogP contribution in [0.3, 0.4) is 0 Å². The van der Waals surface area contributed by atoms with E-state index in [1.54, 1.807) is 25.6 Å². The molecule has 4 rings (SSSR count). The molecule has 1 fully saturated rings. The van der Waals surface area contributed by atoms with Crippen LogP contribution in [0.2, 0.25) is 0 Å². The summed E-state index contributed by atoms with van der Waals surface area (Å²) in [6, 6.07) is 12.2. The highest BCUT2D eigenvalue weighted by Gasteiger charge is 2.22. The normalized spacial score (nSPS) is 15.4. The number of benzene rings is 1. The summed E-state index contributed by atoms with van der Waals surface area (Å²) in [6.45, 7) is 4.32. The van der Waals surface area contributed by atoms with E-state index in [1.165, 1.54) is 12.1 Å². The summed E-state index contributed by atoms with van der Waals surface area (Å²) in [6.07, 6.45) is 6.46. The van der Waals surface area contributed by atoms with Crippen LogP contribution in [-0.2, 0) is 19.0 Å². The van der Waals surface area contributed by atoms with E-state index in [0.29, 0.717) is 37.9 Å². The number of anilines is 2. The average Bonchev–Trinajstić information content (AvgIpc) is 2.93. The zero-order valence-electron chi connectivity index (χ0n) is 22.0. The van der Waals surface area contributed by atoms with Gasteiger partial charge in [0.05, 0.1) is 32.1 Å². The van der Waals surface area contributed by atoms with Crippen LogP contribution in [0.4, 0.5) is 15.9 Å². The number of piperidine rings is 1. The van der Waals surface area contributed by atoms with E-state index in [2.05, 4.69) is 22.2 Å². The molecular formula is C28H36FN5O4. The van der Waals surface area contributed by atoms with Crippen LogP contribution >= 0.6 is 0 Å². The topological polar surface area (TPSA) is 98.7 Å². The second kappa shape index (κ2) is 16.5. The number of hydrogen-bond acceptors (Lipinski definition) is 9. The first-order valence-corrected chi connectivity index (χ1v) is 12.7. The zero-order chi connectivity index (χ0) is 27.0. The molecule has 38 heavy (non-hydrogen) atoms. The van der Waals surface area contributed by atoms with E-state index < -0.39 is 0 Å². The third-order valence-corrected chi connectivity index (χ3v) is 5.78. The number of carbonyl (C=O) groups is 1. The van der Waals surface area contributed by atoms with Crippen molar-refractivity contribution in [2.75, 3.05) is 65.6 Å². The van der Waals surface area contributed by atoms with Crippen molar-refractivity contribution in [3.8, 4) is 11.3 Å². The Kier molecular flexibility index (Phi) is 12.7. The average molecular weight is 526 g/mol. The monoisotopic (exact) mass is 525 g/mol. The third-order valence-electron chi connectivity index (χ3n) is 5.78. The second-order valence-electron chi connectivity index (χ2n) is 8.82. The second-order valence-corrected chi connectivity index (χ2v) is 8.82. The Bertz CT molecular complexity index is 1110. The number of hydrogen-bond donors (Lipinski definition) is 1. The molecule has 3 aromatic rings. The summed E-state index contributed by atoms with van der Waals surface area (Å²) in [7, 11) is 3.75. The number of halogens is 1. The lowest BCUT2D eigenvalue weighted by Gasteiger charge is -2.29. The minimum Gasteiger partial charge on any atom is -0.382 e. The van der Waals surface area contributed by atoms with Crippen LogP contribution in [0.25, 0.3) is 11.3 Å². The lowest BCUT2D eigenvalue weighted by Crippen LogP contribution is -2.31. The first-order chi connectivity index (χ1) is 18.6. The number of aldehydes is 1. The molecule has 10 heteroatoms. The fourth-order valence-electron chi connectivity index (χ4n) is 3.96. The van der Waals surface area contributed by atoms with Gasteiger partial charge in [-0.2, -0.15) is 0 Å². The van der Waals surface area contributed by atoms with Gasteiger partial charge in [-0.3, -0.25) is 4.98 Å². The van der Waals surface area contributed by atoms with Crippen LogP contribution in [0, 0.1) is 5.82 Å². The summed E-state index contributed by atoms with van der Waals surface area (Å²) in [5, 5.41) is 3.22. The largest absolute Gasteiger partial charge is 0.382 e. The van der Waals surface area contributed by atoms with Gasteiger partial charge in [-0.05, 0) is 56.8 Å². The van der Waals surface area contributed by atoms with E-state index in [1.807, 2.05) is 24.3 Å². The number of rotatable bonds is 12. The lowest BCUT2D eigenvalue weighted by atomic mass is 9.97. The van der Waals surface area contributed by atoms with E-state index in [4.69, 9.17) is 24.2 Å². The van der Waals surface area contributed by atoms with E-state index in [0.717, 1.165) is 49.3 Å². The molecule has 1 saturated heterocycles. The Morgan fingerprint density at radius 3 is 2.68 bits per heavy atom. The maximum atomic E-state index is 13.5. The molecule has 1 aromatic carbocycles. The molecule has 204 valence electrons. The van der Waals surface area contributed by atoms with Crippen molar-refractivity contribution in [2.24, 2.45) is 0 Å². The van der Waals surface area contributed by atoms with Gasteiger partial charge in [0.2, 0.25) is 0 Å². The van der Waals surface area contributed by atoms with Gasteiger partial charge >= 0.3 is 0 Å². The molecule has 0 saturated carbocycles. The molecule has 0 amide bonds. The molecule has 1 aliphatic rings. The Morgan fingerprint density at radius 2 is 1.95 bits per heavy atom. The fraction of sp³-hybridized carbons (Fsp3) is 0.429. The Hall–Kier alpha value is -3.31. The molecule has 1 unspecified atom stereocenters. The summed E-state index contributed by atoms with van der Waals surface area (Å²) in [5.41, 5.74) is 2.42. The molecule has 3 heterocycles. The maximum Gasteiger partial charge on any atom is 0.145 e. The molecule has 0 bridgehead atoms. The number of aromatic nitrogens is 3. The van der Waals surface area contributed by atoms with Crippen LogP contribution in [0.15, 0.2) is 54.9 Å². The molecule has 0 radical (unpaired) electrons. The van der Waals surface area contributed by atoms with Crippen molar-refractivity contribution >= 4 is 17.8 Å². The van der Waals surface area contributed by atoms with Crippen molar-refractivity contribution in [3.05, 3.63) is 66.5 Å². The van der Waals surface area contributed by atoms with Crippen molar-refractivity contribution in [2.45, 2.75) is 18.8 Å².